The van der Waals surface area contributed by atoms with E-state index in [1.807, 2.05) is 48.5 Å². The van der Waals surface area contributed by atoms with Crippen LogP contribution in [0.1, 0.15) is 17.5 Å². The molecule has 114 valence electrons. The predicted molar refractivity (Wildman–Crippen MR) is 91.2 cm³/mol. The molecule has 0 radical (unpaired) electrons. The maximum atomic E-state index is 11.7. The fraction of sp³-hybridized carbons (Fsp3) is 0.176. The fourth-order valence-corrected chi connectivity index (χ4v) is 2.46. The number of carbonyl (C=O) groups excluding carboxylic acids is 1. The number of nitrogens with one attached hydrogen (secondary N) is 1. The Hall–Kier alpha value is -2.14. The normalized spacial score (nSPS) is 10.6. The molecule has 4 nitrogen and oxygen atoms in total. The van der Waals surface area contributed by atoms with Gasteiger partial charge in [0.2, 0.25) is 5.91 Å². The molecule has 0 saturated heterocycles. The lowest BCUT2D eigenvalue weighted by molar-refractivity contribution is -0.121. The Bertz CT molecular complexity index is 657. The molecule has 0 aromatic heterocycles. The first-order chi connectivity index (χ1) is 10.7. The van der Waals surface area contributed by atoms with Gasteiger partial charge in [-0.25, -0.2) is 5.43 Å². The van der Waals surface area contributed by atoms with Crippen molar-refractivity contribution in [3.63, 3.8) is 0 Å². The van der Waals surface area contributed by atoms with Gasteiger partial charge in [-0.1, -0.05) is 30.3 Å². The molecule has 0 unspecified atom stereocenters. The molecule has 22 heavy (non-hydrogen) atoms. The lowest BCUT2D eigenvalue weighted by Crippen LogP contribution is -2.17. The van der Waals surface area contributed by atoms with Crippen LogP contribution in [0.3, 0.4) is 0 Å². The van der Waals surface area contributed by atoms with Crippen LogP contribution < -0.4 is 10.2 Å². The van der Waals surface area contributed by atoms with Gasteiger partial charge in [-0.05, 0) is 51.7 Å². The Morgan fingerprint density at radius 1 is 1.27 bits per heavy atom. The Labute approximate surface area is 138 Å². The second-order valence-corrected chi connectivity index (χ2v) is 5.53. The highest BCUT2D eigenvalue weighted by Crippen LogP contribution is 2.24. The molecular formula is C17H17BrN2O2. The maximum Gasteiger partial charge on any atom is 0.240 e. The minimum Gasteiger partial charge on any atom is -0.496 e. The molecule has 0 aliphatic carbocycles. The van der Waals surface area contributed by atoms with Crippen LogP contribution in [0.15, 0.2) is 58.1 Å². The number of amides is 1. The highest BCUT2D eigenvalue weighted by Gasteiger charge is 2.01. The van der Waals surface area contributed by atoms with E-state index in [2.05, 4.69) is 26.5 Å². The molecule has 0 heterocycles. The van der Waals surface area contributed by atoms with E-state index in [4.69, 9.17) is 4.74 Å². The first kappa shape index (κ1) is 16.2. The summed E-state index contributed by atoms with van der Waals surface area (Å²) in [6.07, 6.45) is 2.72. The highest BCUT2D eigenvalue weighted by atomic mass is 79.9. The molecule has 0 aliphatic heterocycles. The van der Waals surface area contributed by atoms with Crippen LogP contribution in [0.4, 0.5) is 0 Å². The summed E-state index contributed by atoms with van der Waals surface area (Å²) in [5, 5.41) is 3.96. The number of ether oxygens (including phenoxy) is 1. The van der Waals surface area contributed by atoms with E-state index in [0.29, 0.717) is 12.8 Å². The first-order valence-electron chi connectivity index (χ1n) is 6.88. The fourth-order valence-electron chi connectivity index (χ4n) is 1.90. The lowest BCUT2D eigenvalue weighted by Gasteiger charge is -2.03. The predicted octanol–water partition coefficient (Wildman–Crippen LogP) is 3.54. The van der Waals surface area contributed by atoms with E-state index in [0.717, 1.165) is 21.3 Å². The van der Waals surface area contributed by atoms with E-state index < -0.39 is 0 Å². The molecule has 0 fully saturated rings. The average Bonchev–Trinajstić information content (AvgIpc) is 2.54. The zero-order chi connectivity index (χ0) is 15.8. The van der Waals surface area contributed by atoms with Gasteiger partial charge in [0.1, 0.15) is 5.75 Å². The molecule has 5 heteroatoms. The monoisotopic (exact) mass is 360 g/mol. The van der Waals surface area contributed by atoms with Crippen molar-refractivity contribution < 1.29 is 9.53 Å². The summed E-state index contributed by atoms with van der Waals surface area (Å²) in [6.45, 7) is 0. The number of rotatable bonds is 6. The number of hydrogen-bond donors (Lipinski definition) is 1. The van der Waals surface area contributed by atoms with Gasteiger partial charge in [-0.3, -0.25) is 4.79 Å². The van der Waals surface area contributed by atoms with Crippen LogP contribution in [0, 0.1) is 0 Å². The van der Waals surface area contributed by atoms with Crippen molar-refractivity contribution in [2.75, 3.05) is 7.11 Å². The summed E-state index contributed by atoms with van der Waals surface area (Å²) in [5.41, 5.74) is 4.54. The van der Waals surface area contributed by atoms with Crippen LogP contribution in [-0.4, -0.2) is 19.2 Å². The second kappa shape index (κ2) is 8.34. The minimum atomic E-state index is -0.104. The number of hydrogen-bond acceptors (Lipinski definition) is 3. The molecule has 0 atom stereocenters. The van der Waals surface area contributed by atoms with Crippen LogP contribution in [0.25, 0.3) is 0 Å². The lowest BCUT2D eigenvalue weighted by atomic mass is 10.1. The van der Waals surface area contributed by atoms with E-state index in [1.165, 1.54) is 0 Å². The molecule has 0 aliphatic rings. The van der Waals surface area contributed by atoms with Crippen molar-refractivity contribution in [2.45, 2.75) is 12.8 Å². The van der Waals surface area contributed by atoms with Crippen molar-refractivity contribution in [1.82, 2.24) is 5.43 Å². The minimum absolute atomic E-state index is 0.104. The van der Waals surface area contributed by atoms with E-state index in [1.54, 1.807) is 13.3 Å². The van der Waals surface area contributed by atoms with E-state index in [-0.39, 0.29) is 5.91 Å². The number of aryl methyl sites for hydroxylation is 1. The topological polar surface area (TPSA) is 50.7 Å². The van der Waals surface area contributed by atoms with Gasteiger partial charge < -0.3 is 4.74 Å². The van der Waals surface area contributed by atoms with Crippen LogP contribution >= 0.6 is 15.9 Å². The summed E-state index contributed by atoms with van der Waals surface area (Å²) in [4.78, 5) is 11.7. The van der Waals surface area contributed by atoms with Crippen LogP contribution in [-0.2, 0) is 11.2 Å². The number of methoxy groups -OCH3 is 1. The number of halogens is 1. The highest BCUT2D eigenvalue weighted by molar-refractivity contribution is 9.10. The van der Waals surface area contributed by atoms with Crippen molar-refractivity contribution in [1.29, 1.82) is 0 Å². The molecule has 1 amide bonds. The Morgan fingerprint density at radius 2 is 2.05 bits per heavy atom. The van der Waals surface area contributed by atoms with Gasteiger partial charge in [0.25, 0.3) is 0 Å². The molecule has 0 spiro atoms. The molecule has 2 aromatic rings. The quantitative estimate of drug-likeness (QED) is 0.632. The third-order valence-corrected chi connectivity index (χ3v) is 3.68. The summed E-state index contributed by atoms with van der Waals surface area (Å²) in [5.74, 6) is 0.650. The zero-order valence-corrected chi connectivity index (χ0v) is 13.8. The SMILES string of the molecule is COc1ccc(/C=N/NC(=O)CCc2ccccc2)cc1Br. The van der Waals surface area contributed by atoms with Crippen LogP contribution in [0.5, 0.6) is 5.75 Å². The Morgan fingerprint density at radius 3 is 2.73 bits per heavy atom. The molecule has 0 saturated carbocycles. The average molecular weight is 361 g/mol. The first-order valence-corrected chi connectivity index (χ1v) is 7.67. The smallest absolute Gasteiger partial charge is 0.240 e. The Kier molecular flexibility index (Phi) is 6.15. The van der Waals surface area contributed by atoms with E-state index in [9.17, 15) is 4.79 Å². The standard InChI is InChI=1S/C17H17BrN2O2/c1-22-16-9-7-14(11-15(16)18)12-19-20-17(21)10-8-13-5-3-2-4-6-13/h2-7,9,11-12H,8,10H2,1H3,(H,20,21)/b19-12+. The summed E-state index contributed by atoms with van der Waals surface area (Å²) < 4.78 is 6.00. The van der Waals surface area contributed by atoms with Gasteiger partial charge in [0.15, 0.2) is 0 Å². The number of hydrazone groups is 1. The number of benzene rings is 2. The molecule has 2 aromatic carbocycles. The third kappa shape index (κ3) is 5.00. The van der Waals surface area contributed by atoms with Crippen molar-refractivity contribution in [2.24, 2.45) is 5.10 Å². The van der Waals surface area contributed by atoms with Gasteiger partial charge >= 0.3 is 0 Å². The zero-order valence-electron chi connectivity index (χ0n) is 12.3. The summed E-state index contributed by atoms with van der Waals surface area (Å²) in [7, 11) is 1.61. The summed E-state index contributed by atoms with van der Waals surface area (Å²) in [6, 6.07) is 15.5. The Balaban J connectivity index is 1.81. The maximum absolute atomic E-state index is 11.7. The van der Waals surface area contributed by atoms with Crippen molar-refractivity contribution in [3.05, 3.63) is 64.1 Å². The second-order valence-electron chi connectivity index (χ2n) is 4.67. The largest absolute Gasteiger partial charge is 0.496 e. The summed E-state index contributed by atoms with van der Waals surface area (Å²) >= 11 is 3.40. The van der Waals surface area contributed by atoms with Gasteiger partial charge in [0.05, 0.1) is 17.8 Å². The van der Waals surface area contributed by atoms with Crippen molar-refractivity contribution >= 4 is 28.1 Å². The van der Waals surface area contributed by atoms with Crippen molar-refractivity contribution in [3.8, 4) is 5.75 Å². The number of nitrogens with zero attached hydrogens (tertiary/aromatic N) is 1. The molecular weight excluding hydrogens is 344 g/mol. The van der Waals surface area contributed by atoms with Crippen LogP contribution in [0.2, 0.25) is 0 Å². The van der Waals surface area contributed by atoms with Gasteiger partial charge in [-0.15, -0.1) is 0 Å². The molecule has 2 rings (SSSR count). The molecule has 0 bridgehead atoms. The van der Waals surface area contributed by atoms with E-state index >= 15 is 0 Å². The van der Waals surface area contributed by atoms with Gasteiger partial charge in [0, 0.05) is 6.42 Å². The third-order valence-electron chi connectivity index (χ3n) is 3.06. The van der Waals surface area contributed by atoms with Gasteiger partial charge in [-0.2, -0.15) is 5.10 Å². The number of carbonyl (C=O) groups is 1. The molecule has 1 N–H and O–H groups in total.